The highest BCUT2D eigenvalue weighted by molar-refractivity contribution is 5.79. The van der Waals surface area contributed by atoms with Crippen molar-refractivity contribution in [1.29, 1.82) is 0 Å². The Balaban J connectivity index is 1.72. The van der Waals surface area contributed by atoms with Crippen LogP contribution in [0, 0.1) is 6.92 Å². The summed E-state index contributed by atoms with van der Waals surface area (Å²) in [7, 11) is 0. The molecule has 2 N–H and O–H groups in total. The van der Waals surface area contributed by atoms with Crippen molar-refractivity contribution in [3.05, 3.63) is 70.8 Å². The minimum Gasteiger partial charge on any atom is -0.390 e. The van der Waals surface area contributed by atoms with Gasteiger partial charge in [-0.2, -0.15) is 0 Å². The summed E-state index contributed by atoms with van der Waals surface area (Å²) in [6, 6.07) is 15.5. The number of amides is 1. The third-order valence-electron chi connectivity index (χ3n) is 4.13. The molecule has 0 spiro atoms. The number of hydrogen-bond donors (Lipinski definition) is 2. The first-order valence-corrected chi connectivity index (χ1v) is 7.25. The average Bonchev–Trinajstić information content (AvgIpc) is 2.78. The molecule has 3 heteroatoms. The summed E-state index contributed by atoms with van der Waals surface area (Å²) in [5.41, 5.74) is 4.28. The highest BCUT2D eigenvalue weighted by Crippen LogP contribution is 2.31. The lowest BCUT2D eigenvalue weighted by Crippen LogP contribution is -2.34. The Hall–Kier alpha value is -2.13. The topological polar surface area (TPSA) is 49.3 Å². The van der Waals surface area contributed by atoms with Crippen LogP contribution in [0.3, 0.4) is 0 Å². The van der Waals surface area contributed by atoms with E-state index in [-0.39, 0.29) is 11.9 Å². The Bertz CT molecular complexity index is 666. The number of hydrogen-bond acceptors (Lipinski definition) is 2. The van der Waals surface area contributed by atoms with Crippen molar-refractivity contribution < 1.29 is 9.90 Å². The van der Waals surface area contributed by atoms with Crippen molar-refractivity contribution >= 4 is 5.91 Å². The summed E-state index contributed by atoms with van der Waals surface area (Å²) >= 11 is 0. The molecule has 0 bridgehead atoms. The molecule has 0 saturated carbocycles. The predicted molar refractivity (Wildman–Crippen MR) is 81.9 cm³/mol. The van der Waals surface area contributed by atoms with Crippen LogP contribution < -0.4 is 5.32 Å². The molecule has 3 rings (SSSR count). The van der Waals surface area contributed by atoms with E-state index in [0.29, 0.717) is 12.8 Å². The molecule has 108 valence electrons. The van der Waals surface area contributed by atoms with Gasteiger partial charge in [0.2, 0.25) is 5.91 Å². The molecule has 0 fully saturated rings. The van der Waals surface area contributed by atoms with E-state index in [4.69, 9.17) is 0 Å². The Labute approximate surface area is 124 Å². The molecule has 0 radical (unpaired) electrons. The zero-order valence-electron chi connectivity index (χ0n) is 12.0. The quantitative estimate of drug-likeness (QED) is 0.907. The lowest BCUT2D eigenvalue weighted by molar-refractivity contribution is -0.122. The zero-order chi connectivity index (χ0) is 14.8. The molecule has 2 unspecified atom stereocenters. The molecular weight excluding hydrogens is 262 g/mol. The van der Waals surface area contributed by atoms with Crippen molar-refractivity contribution in [1.82, 2.24) is 5.32 Å². The molecule has 1 aliphatic carbocycles. The minimum atomic E-state index is -0.539. The molecule has 0 saturated heterocycles. The number of aliphatic hydroxyl groups is 1. The van der Waals surface area contributed by atoms with Crippen LogP contribution in [-0.2, 0) is 17.6 Å². The highest BCUT2D eigenvalue weighted by Gasteiger charge is 2.31. The maximum Gasteiger partial charge on any atom is 0.225 e. The summed E-state index contributed by atoms with van der Waals surface area (Å²) in [6.45, 7) is 2.00. The molecule has 0 aromatic heterocycles. The smallest absolute Gasteiger partial charge is 0.225 e. The number of fused-ring (bicyclic) bond motifs is 1. The Morgan fingerprint density at radius 2 is 1.90 bits per heavy atom. The maximum absolute atomic E-state index is 12.3. The van der Waals surface area contributed by atoms with Gasteiger partial charge in [0, 0.05) is 6.42 Å². The summed E-state index contributed by atoms with van der Waals surface area (Å²) < 4.78 is 0. The second-order valence-corrected chi connectivity index (χ2v) is 5.62. The fourth-order valence-electron chi connectivity index (χ4n) is 2.95. The van der Waals surface area contributed by atoms with Crippen LogP contribution in [0.1, 0.15) is 28.3 Å². The molecular formula is C18H19NO2. The van der Waals surface area contributed by atoms with Crippen LogP contribution in [0.5, 0.6) is 0 Å². The third-order valence-corrected chi connectivity index (χ3v) is 4.13. The second kappa shape index (κ2) is 5.70. The molecule has 2 atom stereocenters. The Morgan fingerprint density at radius 1 is 1.19 bits per heavy atom. The molecule has 3 nitrogen and oxygen atoms in total. The third kappa shape index (κ3) is 2.83. The van der Waals surface area contributed by atoms with Gasteiger partial charge in [0.1, 0.15) is 0 Å². The number of benzene rings is 2. The SMILES string of the molecule is Cc1ccccc1CC(=O)NC1c2ccccc2CC1O. The van der Waals surface area contributed by atoms with E-state index in [9.17, 15) is 9.90 Å². The van der Waals surface area contributed by atoms with E-state index in [0.717, 1.165) is 22.3 Å². The monoisotopic (exact) mass is 281 g/mol. The van der Waals surface area contributed by atoms with Gasteiger partial charge < -0.3 is 10.4 Å². The van der Waals surface area contributed by atoms with Crippen LogP contribution in [-0.4, -0.2) is 17.1 Å². The molecule has 1 aliphatic rings. The van der Waals surface area contributed by atoms with Crippen molar-refractivity contribution in [3.63, 3.8) is 0 Å². The Kier molecular flexibility index (Phi) is 3.76. The first-order chi connectivity index (χ1) is 10.1. The maximum atomic E-state index is 12.3. The van der Waals surface area contributed by atoms with Gasteiger partial charge in [-0.25, -0.2) is 0 Å². The van der Waals surface area contributed by atoms with Gasteiger partial charge >= 0.3 is 0 Å². The van der Waals surface area contributed by atoms with Crippen molar-refractivity contribution in [2.75, 3.05) is 0 Å². The minimum absolute atomic E-state index is 0.0509. The molecule has 2 aromatic rings. The summed E-state index contributed by atoms with van der Waals surface area (Å²) in [6.07, 6.45) is 0.409. The molecule has 21 heavy (non-hydrogen) atoms. The predicted octanol–water partition coefficient (Wildman–Crippen LogP) is 2.31. The van der Waals surface area contributed by atoms with Crippen LogP contribution in [0.25, 0.3) is 0 Å². The standard InChI is InChI=1S/C18H19NO2/c1-12-6-2-3-7-13(12)11-17(21)19-18-15-9-5-4-8-14(15)10-16(18)20/h2-9,16,18,20H,10-11H2,1H3,(H,19,21). The number of aryl methyl sites for hydroxylation is 1. The highest BCUT2D eigenvalue weighted by atomic mass is 16.3. The van der Waals surface area contributed by atoms with Crippen molar-refractivity contribution in [2.24, 2.45) is 0 Å². The summed E-state index contributed by atoms with van der Waals surface area (Å²) in [5, 5.41) is 13.1. The van der Waals surface area contributed by atoms with E-state index in [1.165, 1.54) is 0 Å². The van der Waals surface area contributed by atoms with Gasteiger partial charge in [-0.3, -0.25) is 4.79 Å². The van der Waals surface area contributed by atoms with Gasteiger partial charge in [-0.05, 0) is 29.2 Å². The second-order valence-electron chi connectivity index (χ2n) is 5.62. The van der Waals surface area contributed by atoms with Gasteiger partial charge in [0.05, 0.1) is 18.6 Å². The average molecular weight is 281 g/mol. The lowest BCUT2D eigenvalue weighted by atomic mass is 10.0. The van der Waals surface area contributed by atoms with Crippen LogP contribution >= 0.6 is 0 Å². The molecule has 0 aliphatic heterocycles. The van der Waals surface area contributed by atoms with Gasteiger partial charge in [0.25, 0.3) is 0 Å². The largest absolute Gasteiger partial charge is 0.390 e. The fraction of sp³-hybridized carbons (Fsp3) is 0.278. The summed E-state index contributed by atoms with van der Waals surface area (Å²) in [5.74, 6) is -0.0509. The van der Waals surface area contributed by atoms with E-state index < -0.39 is 6.10 Å². The first kappa shape index (κ1) is 13.8. The van der Waals surface area contributed by atoms with Crippen molar-refractivity contribution in [3.8, 4) is 0 Å². The van der Waals surface area contributed by atoms with E-state index in [1.807, 2.05) is 55.5 Å². The number of carbonyl (C=O) groups excluding carboxylic acids is 1. The fourth-order valence-corrected chi connectivity index (χ4v) is 2.95. The molecule has 2 aromatic carbocycles. The van der Waals surface area contributed by atoms with Crippen LogP contribution in [0.2, 0.25) is 0 Å². The number of carbonyl (C=O) groups is 1. The number of rotatable bonds is 3. The normalized spacial score (nSPS) is 20.1. The van der Waals surface area contributed by atoms with Crippen LogP contribution in [0.4, 0.5) is 0 Å². The van der Waals surface area contributed by atoms with Crippen LogP contribution in [0.15, 0.2) is 48.5 Å². The van der Waals surface area contributed by atoms with Gasteiger partial charge in [-0.15, -0.1) is 0 Å². The van der Waals surface area contributed by atoms with E-state index in [2.05, 4.69) is 5.32 Å². The molecule has 0 heterocycles. The van der Waals surface area contributed by atoms with Crippen molar-refractivity contribution in [2.45, 2.75) is 31.9 Å². The Morgan fingerprint density at radius 3 is 2.71 bits per heavy atom. The van der Waals surface area contributed by atoms with E-state index in [1.54, 1.807) is 0 Å². The number of nitrogens with one attached hydrogen (secondary N) is 1. The number of aliphatic hydroxyl groups excluding tert-OH is 1. The summed E-state index contributed by atoms with van der Waals surface area (Å²) in [4.78, 5) is 12.3. The van der Waals surface area contributed by atoms with E-state index >= 15 is 0 Å². The molecule has 1 amide bonds. The lowest BCUT2D eigenvalue weighted by Gasteiger charge is -2.18. The zero-order valence-corrected chi connectivity index (χ0v) is 12.0. The van der Waals surface area contributed by atoms with Gasteiger partial charge in [-0.1, -0.05) is 48.5 Å². The first-order valence-electron chi connectivity index (χ1n) is 7.25. The van der Waals surface area contributed by atoms with Gasteiger partial charge in [0.15, 0.2) is 0 Å².